The van der Waals surface area contributed by atoms with E-state index in [1.165, 1.54) is 18.2 Å². The average molecular weight is 347 g/mol. The maximum absolute atomic E-state index is 13.4. The zero-order valence-electron chi connectivity index (χ0n) is 14.7. The van der Waals surface area contributed by atoms with E-state index in [1.54, 1.807) is 12.1 Å². The Morgan fingerprint density at radius 2 is 1.88 bits per heavy atom. The number of ether oxygens (including phenoxy) is 1. The Balaban J connectivity index is 1.91. The van der Waals surface area contributed by atoms with E-state index in [9.17, 15) is 14.0 Å². The van der Waals surface area contributed by atoms with Crippen molar-refractivity contribution in [2.24, 2.45) is 0 Å². The van der Waals surface area contributed by atoms with E-state index in [0.29, 0.717) is 5.56 Å². The molecule has 1 aromatic carbocycles. The van der Waals surface area contributed by atoms with Crippen LogP contribution in [-0.4, -0.2) is 23.0 Å². The Labute approximate surface area is 145 Å². The summed E-state index contributed by atoms with van der Waals surface area (Å²) in [5.74, 6) is -1.58. The molecule has 0 radical (unpaired) electrons. The fraction of sp³-hybridized carbons (Fsp3) is 0.333. The number of aryl methyl sites for hydroxylation is 1. The molecule has 0 bridgehead atoms. The molecule has 0 saturated carbocycles. The first-order valence-electron chi connectivity index (χ1n) is 7.96. The van der Waals surface area contributed by atoms with Gasteiger partial charge in [0.05, 0.1) is 5.56 Å². The zero-order valence-corrected chi connectivity index (χ0v) is 14.7. The number of benzene rings is 1. The first-order valence-corrected chi connectivity index (χ1v) is 7.96. The Morgan fingerprint density at radius 1 is 1.20 bits per heavy atom. The van der Waals surface area contributed by atoms with Gasteiger partial charge in [-0.3, -0.25) is 20.4 Å². The molecule has 0 atom stereocenters. The molecule has 2 amide bonds. The van der Waals surface area contributed by atoms with E-state index >= 15 is 0 Å². The third kappa shape index (κ3) is 4.37. The van der Waals surface area contributed by atoms with Crippen molar-refractivity contribution < 1.29 is 18.7 Å². The van der Waals surface area contributed by atoms with Gasteiger partial charge < -0.3 is 9.30 Å². The lowest BCUT2D eigenvalue weighted by molar-refractivity contribution is -0.123. The number of amides is 2. The molecule has 1 heterocycles. The molecular weight excluding hydrogens is 325 g/mol. The number of para-hydroxylation sites is 1. The standard InChI is InChI=1S/C18H22FN3O3/c1-11(2)22-12(3)9-14(13(22)4)18(24)21-20-17(23)10-25-16-8-6-5-7-15(16)19/h5-9,11H,10H2,1-4H3,(H,20,23)(H,21,24). The minimum atomic E-state index is -0.589. The van der Waals surface area contributed by atoms with Gasteiger partial charge in [-0.05, 0) is 45.9 Å². The lowest BCUT2D eigenvalue weighted by Crippen LogP contribution is -2.44. The molecule has 0 aliphatic rings. The van der Waals surface area contributed by atoms with Gasteiger partial charge in [0.1, 0.15) is 0 Å². The third-order valence-corrected chi connectivity index (χ3v) is 3.76. The minimum absolute atomic E-state index is 0.0237. The fourth-order valence-electron chi connectivity index (χ4n) is 2.74. The summed E-state index contributed by atoms with van der Waals surface area (Å²) in [6, 6.07) is 7.78. The number of rotatable bonds is 5. The molecule has 2 N–H and O–H groups in total. The highest BCUT2D eigenvalue weighted by Crippen LogP contribution is 2.19. The van der Waals surface area contributed by atoms with E-state index < -0.39 is 24.2 Å². The van der Waals surface area contributed by atoms with Crippen molar-refractivity contribution in [3.8, 4) is 5.75 Å². The summed E-state index contributed by atoms with van der Waals surface area (Å²) in [7, 11) is 0. The Hall–Kier alpha value is -2.83. The molecule has 7 heteroatoms. The molecule has 6 nitrogen and oxygen atoms in total. The van der Waals surface area contributed by atoms with Crippen LogP contribution in [0.3, 0.4) is 0 Å². The predicted molar refractivity (Wildman–Crippen MR) is 91.8 cm³/mol. The number of nitrogens with one attached hydrogen (secondary N) is 2. The summed E-state index contributed by atoms with van der Waals surface area (Å²) in [6.45, 7) is 7.43. The largest absolute Gasteiger partial charge is 0.481 e. The van der Waals surface area contributed by atoms with Crippen LogP contribution >= 0.6 is 0 Å². The summed E-state index contributed by atoms with van der Waals surface area (Å²) in [5.41, 5.74) is 6.88. The number of halogens is 1. The van der Waals surface area contributed by atoms with E-state index in [4.69, 9.17) is 4.74 Å². The summed E-state index contributed by atoms with van der Waals surface area (Å²) in [6.07, 6.45) is 0. The topological polar surface area (TPSA) is 72.4 Å². The van der Waals surface area contributed by atoms with Crippen LogP contribution in [0.2, 0.25) is 0 Å². The van der Waals surface area contributed by atoms with Crippen LogP contribution in [0, 0.1) is 19.7 Å². The van der Waals surface area contributed by atoms with Gasteiger partial charge in [-0.1, -0.05) is 12.1 Å². The Morgan fingerprint density at radius 3 is 2.48 bits per heavy atom. The highest BCUT2D eigenvalue weighted by Gasteiger charge is 2.17. The van der Waals surface area contributed by atoms with Crippen LogP contribution in [0.15, 0.2) is 30.3 Å². The summed E-state index contributed by atoms with van der Waals surface area (Å²) >= 11 is 0. The second kappa shape index (κ2) is 7.83. The molecule has 0 saturated heterocycles. The molecule has 0 aliphatic heterocycles. The van der Waals surface area contributed by atoms with E-state index in [2.05, 4.69) is 10.9 Å². The maximum Gasteiger partial charge on any atom is 0.276 e. The number of carbonyl (C=O) groups excluding carboxylic acids is 2. The highest BCUT2D eigenvalue weighted by molar-refractivity contribution is 5.96. The molecule has 2 aromatic rings. The normalized spacial score (nSPS) is 10.6. The maximum atomic E-state index is 13.4. The number of carbonyl (C=O) groups is 2. The first kappa shape index (κ1) is 18.5. The van der Waals surface area contributed by atoms with Crippen LogP contribution in [0.25, 0.3) is 0 Å². The van der Waals surface area contributed by atoms with Crippen molar-refractivity contribution >= 4 is 11.8 Å². The number of hydrazine groups is 1. The molecular formula is C18H22FN3O3. The number of nitrogens with zero attached hydrogens (tertiary/aromatic N) is 1. The third-order valence-electron chi connectivity index (χ3n) is 3.76. The van der Waals surface area contributed by atoms with Gasteiger partial charge in [0, 0.05) is 17.4 Å². The van der Waals surface area contributed by atoms with Crippen LogP contribution in [0.1, 0.15) is 41.6 Å². The van der Waals surface area contributed by atoms with Crippen LogP contribution in [-0.2, 0) is 4.79 Å². The van der Waals surface area contributed by atoms with E-state index in [1.807, 2.05) is 32.3 Å². The Bertz CT molecular complexity index is 784. The fourth-order valence-corrected chi connectivity index (χ4v) is 2.74. The van der Waals surface area contributed by atoms with Gasteiger partial charge >= 0.3 is 0 Å². The molecule has 0 aliphatic carbocycles. The van der Waals surface area contributed by atoms with Crippen molar-refractivity contribution in [1.29, 1.82) is 0 Å². The van der Waals surface area contributed by atoms with Gasteiger partial charge in [-0.2, -0.15) is 0 Å². The SMILES string of the molecule is Cc1cc(C(=O)NNC(=O)COc2ccccc2F)c(C)n1C(C)C. The average Bonchev–Trinajstić information content (AvgIpc) is 2.86. The van der Waals surface area contributed by atoms with Gasteiger partial charge in [-0.25, -0.2) is 4.39 Å². The van der Waals surface area contributed by atoms with Crippen LogP contribution in [0.4, 0.5) is 4.39 Å². The van der Waals surface area contributed by atoms with Crippen molar-refractivity contribution in [3.05, 3.63) is 53.1 Å². The molecule has 0 fully saturated rings. The quantitative estimate of drug-likeness (QED) is 0.817. The second-order valence-electron chi connectivity index (χ2n) is 5.97. The van der Waals surface area contributed by atoms with E-state index in [0.717, 1.165) is 11.4 Å². The monoisotopic (exact) mass is 347 g/mol. The first-order chi connectivity index (χ1) is 11.8. The lowest BCUT2D eigenvalue weighted by atomic mass is 10.2. The van der Waals surface area contributed by atoms with Gasteiger partial charge in [0.25, 0.3) is 11.8 Å². The molecule has 2 rings (SSSR count). The number of aromatic nitrogens is 1. The van der Waals surface area contributed by atoms with Gasteiger partial charge in [0.15, 0.2) is 18.2 Å². The minimum Gasteiger partial charge on any atom is -0.481 e. The number of hydrogen-bond acceptors (Lipinski definition) is 3. The van der Waals surface area contributed by atoms with Crippen molar-refractivity contribution in [1.82, 2.24) is 15.4 Å². The zero-order chi connectivity index (χ0) is 18.6. The summed E-state index contributed by atoms with van der Waals surface area (Å²) in [4.78, 5) is 24.0. The molecule has 1 aromatic heterocycles. The molecule has 134 valence electrons. The van der Waals surface area contributed by atoms with Crippen molar-refractivity contribution in [2.75, 3.05) is 6.61 Å². The van der Waals surface area contributed by atoms with Crippen molar-refractivity contribution in [3.63, 3.8) is 0 Å². The lowest BCUT2D eigenvalue weighted by Gasteiger charge is -2.14. The molecule has 0 unspecified atom stereocenters. The Kier molecular flexibility index (Phi) is 5.80. The second-order valence-corrected chi connectivity index (χ2v) is 5.97. The molecule has 0 spiro atoms. The van der Waals surface area contributed by atoms with Crippen LogP contribution in [0.5, 0.6) is 5.75 Å². The smallest absolute Gasteiger partial charge is 0.276 e. The van der Waals surface area contributed by atoms with Gasteiger partial charge in [0.2, 0.25) is 0 Å². The molecule has 25 heavy (non-hydrogen) atoms. The van der Waals surface area contributed by atoms with E-state index in [-0.39, 0.29) is 11.8 Å². The highest BCUT2D eigenvalue weighted by atomic mass is 19.1. The summed E-state index contributed by atoms with van der Waals surface area (Å²) in [5, 5.41) is 0. The predicted octanol–water partition coefficient (Wildman–Crippen LogP) is 2.66. The van der Waals surface area contributed by atoms with Gasteiger partial charge in [-0.15, -0.1) is 0 Å². The summed E-state index contributed by atoms with van der Waals surface area (Å²) < 4.78 is 20.5. The number of hydrogen-bond donors (Lipinski definition) is 2. The van der Waals surface area contributed by atoms with Crippen LogP contribution < -0.4 is 15.6 Å². The van der Waals surface area contributed by atoms with Crippen molar-refractivity contribution in [2.45, 2.75) is 33.7 Å².